The fourth-order valence-electron chi connectivity index (χ4n) is 4.11. The normalized spacial score (nSPS) is 18.0. The molecule has 2 fully saturated rings. The molecule has 2 aliphatic rings. The standard InChI is InChI=1S/C21H33N5O3.HI/c1-22-21(24-10-9-23-19(27)16-17-6-3-2-4-7-17)26-13-11-25(12-14-26)20(28)18-8-5-15-29-18;/h5,8,15,17H,2-4,6-7,9-14,16H2,1H3,(H,22,24)(H,23,27);1H. The molecular formula is C21H34IN5O3. The van der Waals surface area contributed by atoms with Crippen molar-refractivity contribution in [3.63, 3.8) is 0 Å². The third kappa shape index (κ3) is 7.17. The van der Waals surface area contributed by atoms with Crippen molar-refractivity contribution in [3.05, 3.63) is 24.2 Å². The van der Waals surface area contributed by atoms with Crippen molar-refractivity contribution in [2.45, 2.75) is 38.5 Å². The molecule has 1 aliphatic carbocycles. The van der Waals surface area contributed by atoms with Crippen LogP contribution in [0.4, 0.5) is 0 Å². The molecule has 3 rings (SSSR count). The van der Waals surface area contributed by atoms with Gasteiger partial charge in [0, 0.05) is 52.7 Å². The highest BCUT2D eigenvalue weighted by atomic mass is 127. The Labute approximate surface area is 195 Å². The van der Waals surface area contributed by atoms with Crippen molar-refractivity contribution < 1.29 is 14.0 Å². The highest BCUT2D eigenvalue weighted by molar-refractivity contribution is 14.0. The minimum absolute atomic E-state index is 0. The lowest BCUT2D eigenvalue weighted by Crippen LogP contribution is -2.54. The van der Waals surface area contributed by atoms with Crippen molar-refractivity contribution in [3.8, 4) is 0 Å². The molecule has 1 aromatic rings. The van der Waals surface area contributed by atoms with E-state index in [2.05, 4.69) is 20.5 Å². The Balaban J connectivity index is 0.00000320. The Morgan fingerprint density at radius 3 is 2.37 bits per heavy atom. The van der Waals surface area contributed by atoms with Gasteiger partial charge in [-0.3, -0.25) is 14.6 Å². The molecule has 30 heavy (non-hydrogen) atoms. The van der Waals surface area contributed by atoms with Gasteiger partial charge in [-0.2, -0.15) is 0 Å². The van der Waals surface area contributed by atoms with Gasteiger partial charge in [0.05, 0.1) is 6.26 Å². The van der Waals surface area contributed by atoms with Crippen LogP contribution in [0.25, 0.3) is 0 Å². The number of hydrogen-bond donors (Lipinski definition) is 2. The zero-order chi connectivity index (χ0) is 20.5. The summed E-state index contributed by atoms with van der Waals surface area (Å²) < 4.78 is 5.20. The van der Waals surface area contributed by atoms with Crippen LogP contribution in [0.1, 0.15) is 49.1 Å². The number of aliphatic imine (C=N–C) groups is 1. The molecule has 0 spiro atoms. The number of nitrogens with zero attached hydrogens (tertiary/aromatic N) is 3. The fourth-order valence-corrected chi connectivity index (χ4v) is 4.11. The van der Waals surface area contributed by atoms with Crippen molar-refractivity contribution >= 4 is 41.8 Å². The van der Waals surface area contributed by atoms with Crippen LogP contribution in [0, 0.1) is 5.92 Å². The lowest BCUT2D eigenvalue weighted by molar-refractivity contribution is -0.122. The first kappa shape index (κ1) is 24.5. The van der Waals surface area contributed by atoms with Crippen molar-refractivity contribution in [2.75, 3.05) is 46.3 Å². The predicted molar refractivity (Wildman–Crippen MR) is 127 cm³/mol. The molecule has 0 aromatic carbocycles. The molecular weight excluding hydrogens is 497 g/mol. The van der Waals surface area contributed by atoms with Gasteiger partial charge in [0.1, 0.15) is 0 Å². The first-order valence-electron chi connectivity index (χ1n) is 10.7. The highest BCUT2D eigenvalue weighted by Gasteiger charge is 2.25. The lowest BCUT2D eigenvalue weighted by atomic mass is 9.87. The molecule has 9 heteroatoms. The molecule has 2 heterocycles. The van der Waals surface area contributed by atoms with Gasteiger partial charge < -0.3 is 24.9 Å². The lowest BCUT2D eigenvalue weighted by Gasteiger charge is -2.36. The number of carbonyl (C=O) groups is 2. The number of rotatable bonds is 6. The fraction of sp³-hybridized carbons (Fsp3) is 0.667. The summed E-state index contributed by atoms with van der Waals surface area (Å²) in [6, 6.07) is 3.42. The summed E-state index contributed by atoms with van der Waals surface area (Å²) in [5, 5.41) is 6.32. The Bertz CT molecular complexity index is 681. The maximum absolute atomic E-state index is 12.4. The number of amides is 2. The topological polar surface area (TPSA) is 90.2 Å². The Hall–Kier alpha value is -1.78. The van der Waals surface area contributed by atoms with Crippen LogP contribution < -0.4 is 10.6 Å². The summed E-state index contributed by atoms with van der Waals surface area (Å²) in [6.07, 6.45) is 8.38. The zero-order valence-electron chi connectivity index (χ0n) is 17.8. The van der Waals surface area contributed by atoms with Crippen LogP contribution in [0.15, 0.2) is 27.8 Å². The molecule has 0 atom stereocenters. The summed E-state index contributed by atoms with van der Waals surface area (Å²) in [6.45, 7) is 3.88. The van der Waals surface area contributed by atoms with Gasteiger partial charge in [0.2, 0.25) is 5.91 Å². The first-order chi connectivity index (χ1) is 14.2. The Kier molecular flexibility index (Phi) is 10.5. The van der Waals surface area contributed by atoms with Gasteiger partial charge in [-0.05, 0) is 30.9 Å². The average molecular weight is 531 g/mol. The van der Waals surface area contributed by atoms with E-state index in [9.17, 15) is 9.59 Å². The monoisotopic (exact) mass is 531 g/mol. The van der Waals surface area contributed by atoms with Gasteiger partial charge in [-0.15, -0.1) is 24.0 Å². The number of piperazine rings is 1. The number of guanidine groups is 1. The highest BCUT2D eigenvalue weighted by Crippen LogP contribution is 2.25. The molecule has 1 aliphatic heterocycles. The van der Waals surface area contributed by atoms with Crippen LogP contribution in [0.3, 0.4) is 0 Å². The summed E-state index contributed by atoms with van der Waals surface area (Å²) >= 11 is 0. The van der Waals surface area contributed by atoms with Crippen LogP contribution in [-0.4, -0.2) is 73.9 Å². The molecule has 0 unspecified atom stereocenters. The summed E-state index contributed by atoms with van der Waals surface area (Å²) in [5.41, 5.74) is 0. The van der Waals surface area contributed by atoms with Crippen LogP contribution >= 0.6 is 24.0 Å². The van der Waals surface area contributed by atoms with E-state index in [4.69, 9.17) is 4.42 Å². The zero-order valence-corrected chi connectivity index (χ0v) is 20.1. The minimum atomic E-state index is -0.0710. The van der Waals surface area contributed by atoms with Crippen molar-refractivity contribution in [1.82, 2.24) is 20.4 Å². The van der Waals surface area contributed by atoms with Gasteiger partial charge in [0.25, 0.3) is 5.91 Å². The van der Waals surface area contributed by atoms with E-state index in [0.29, 0.717) is 57.4 Å². The Morgan fingerprint density at radius 1 is 1.07 bits per heavy atom. The molecule has 0 radical (unpaired) electrons. The van der Waals surface area contributed by atoms with E-state index >= 15 is 0 Å². The maximum atomic E-state index is 12.4. The van der Waals surface area contributed by atoms with E-state index < -0.39 is 0 Å². The molecule has 168 valence electrons. The molecule has 2 amide bonds. The maximum Gasteiger partial charge on any atom is 0.289 e. The van der Waals surface area contributed by atoms with Gasteiger partial charge in [-0.1, -0.05) is 19.3 Å². The summed E-state index contributed by atoms with van der Waals surface area (Å²) in [4.78, 5) is 32.7. The van der Waals surface area contributed by atoms with E-state index in [-0.39, 0.29) is 35.8 Å². The van der Waals surface area contributed by atoms with Gasteiger partial charge in [-0.25, -0.2) is 0 Å². The minimum Gasteiger partial charge on any atom is -0.459 e. The van der Waals surface area contributed by atoms with E-state index in [1.54, 1.807) is 24.1 Å². The van der Waals surface area contributed by atoms with E-state index in [1.165, 1.54) is 38.4 Å². The van der Waals surface area contributed by atoms with E-state index in [0.717, 1.165) is 5.96 Å². The molecule has 2 N–H and O–H groups in total. The molecule has 0 bridgehead atoms. The largest absolute Gasteiger partial charge is 0.459 e. The van der Waals surface area contributed by atoms with Crippen LogP contribution in [-0.2, 0) is 4.79 Å². The number of carbonyl (C=O) groups excluding carboxylic acids is 2. The van der Waals surface area contributed by atoms with Crippen LogP contribution in [0.5, 0.6) is 0 Å². The molecule has 1 saturated carbocycles. The van der Waals surface area contributed by atoms with Crippen molar-refractivity contribution in [2.24, 2.45) is 10.9 Å². The van der Waals surface area contributed by atoms with E-state index in [1.807, 2.05) is 0 Å². The third-order valence-corrected chi connectivity index (χ3v) is 5.74. The smallest absolute Gasteiger partial charge is 0.289 e. The average Bonchev–Trinajstić information content (AvgIpc) is 3.29. The summed E-state index contributed by atoms with van der Waals surface area (Å²) in [5.74, 6) is 1.82. The second kappa shape index (κ2) is 12.8. The Morgan fingerprint density at radius 2 is 1.73 bits per heavy atom. The number of nitrogens with one attached hydrogen (secondary N) is 2. The first-order valence-corrected chi connectivity index (χ1v) is 10.7. The summed E-state index contributed by atoms with van der Waals surface area (Å²) in [7, 11) is 1.75. The number of hydrogen-bond acceptors (Lipinski definition) is 4. The number of halogens is 1. The molecule has 8 nitrogen and oxygen atoms in total. The van der Waals surface area contributed by atoms with Gasteiger partial charge >= 0.3 is 0 Å². The second-order valence-corrected chi connectivity index (χ2v) is 7.79. The quantitative estimate of drug-likeness (QED) is 0.255. The van der Waals surface area contributed by atoms with Gasteiger partial charge in [0.15, 0.2) is 11.7 Å². The van der Waals surface area contributed by atoms with Crippen molar-refractivity contribution in [1.29, 1.82) is 0 Å². The predicted octanol–water partition coefficient (Wildman–Crippen LogP) is 2.32. The SMILES string of the molecule is CN=C(NCCNC(=O)CC1CCCCC1)N1CCN(C(=O)c2ccco2)CC1.I. The number of furan rings is 1. The van der Waals surface area contributed by atoms with Crippen LogP contribution in [0.2, 0.25) is 0 Å². The second-order valence-electron chi connectivity index (χ2n) is 7.79. The third-order valence-electron chi connectivity index (χ3n) is 5.74. The molecule has 1 aromatic heterocycles. The molecule has 1 saturated heterocycles.